The van der Waals surface area contributed by atoms with Crippen molar-refractivity contribution in [3.05, 3.63) is 63.1 Å². The molecule has 7 nitrogen and oxygen atoms in total. The Labute approximate surface area is 176 Å². The number of esters is 1. The zero-order valence-electron chi connectivity index (χ0n) is 16.1. The number of nitrogens with zero attached hydrogens (tertiary/aromatic N) is 1. The Morgan fingerprint density at radius 2 is 1.79 bits per heavy atom. The maximum Gasteiger partial charge on any atom is 0.338 e. The Hall–Kier alpha value is -2.71. The first-order chi connectivity index (χ1) is 14.0. The molecule has 1 heterocycles. The maximum atomic E-state index is 12.6. The van der Waals surface area contributed by atoms with Gasteiger partial charge in [-0.1, -0.05) is 15.9 Å². The molecule has 8 heteroatoms. The van der Waals surface area contributed by atoms with Gasteiger partial charge in [-0.2, -0.15) is 0 Å². The quantitative estimate of drug-likeness (QED) is 0.340. The van der Waals surface area contributed by atoms with E-state index in [-0.39, 0.29) is 35.7 Å². The first-order valence-corrected chi connectivity index (χ1v) is 9.74. The summed E-state index contributed by atoms with van der Waals surface area (Å²) in [6, 6.07) is 9.78. The fourth-order valence-corrected chi connectivity index (χ4v) is 3.48. The highest BCUT2D eigenvalue weighted by Crippen LogP contribution is 2.26. The summed E-state index contributed by atoms with van der Waals surface area (Å²) in [6.45, 7) is 0.723. The van der Waals surface area contributed by atoms with Crippen LogP contribution in [-0.2, 0) is 16.1 Å². The second-order valence-electron chi connectivity index (χ2n) is 6.40. The van der Waals surface area contributed by atoms with Crippen molar-refractivity contribution in [3.63, 3.8) is 0 Å². The van der Waals surface area contributed by atoms with Crippen molar-refractivity contribution < 1.29 is 28.6 Å². The molecule has 2 aromatic rings. The molecule has 152 valence electrons. The maximum absolute atomic E-state index is 12.6. The van der Waals surface area contributed by atoms with Crippen molar-refractivity contribution >= 4 is 33.7 Å². The molecule has 29 heavy (non-hydrogen) atoms. The smallest absolute Gasteiger partial charge is 0.338 e. The first kappa shape index (κ1) is 21.0. The number of imide groups is 1. The van der Waals surface area contributed by atoms with E-state index in [0.29, 0.717) is 24.3 Å². The highest BCUT2D eigenvalue weighted by molar-refractivity contribution is 9.10. The Kier molecular flexibility index (Phi) is 6.66. The van der Waals surface area contributed by atoms with Crippen LogP contribution < -0.4 is 4.74 Å². The van der Waals surface area contributed by atoms with Crippen LogP contribution in [0.25, 0.3) is 0 Å². The molecular weight excluding hydrogens is 442 g/mol. The summed E-state index contributed by atoms with van der Waals surface area (Å²) in [5, 5.41) is 0. The van der Waals surface area contributed by atoms with E-state index in [9.17, 15) is 14.4 Å². The van der Waals surface area contributed by atoms with E-state index in [0.717, 1.165) is 4.47 Å². The average molecular weight is 462 g/mol. The number of fused-ring (bicyclic) bond motifs is 1. The molecule has 2 amide bonds. The van der Waals surface area contributed by atoms with Crippen molar-refractivity contribution in [1.29, 1.82) is 0 Å². The van der Waals surface area contributed by atoms with Gasteiger partial charge < -0.3 is 14.2 Å². The second-order valence-corrected chi connectivity index (χ2v) is 7.32. The number of hydrogen-bond acceptors (Lipinski definition) is 6. The summed E-state index contributed by atoms with van der Waals surface area (Å²) < 4.78 is 16.4. The summed E-state index contributed by atoms with van der Waals surface area (Å²) in [4.78, 5) is 38.6. The second kappa shape index (κ2) is 9.19. The molecule has 0 aromatic heterocycles. The fourth-order valence-electron chi connectivity index (χ4n) is 3.07. The summed E-state index contributed by atoms with van der Waals surface area (Å²) >= 11 is 3.37. The molecule has 1 aliphatic rings. The molecule has 2 aromatic carbocycles. The van der Waals surface area contributed by atoms with Gasteiger partial charge in [0.25, 0.3) is 11.8 Å². The molecule has 0 atom stereocenters. The van der Waals surface area contributed by atoms with Crippen LogP contribution >= 0.6 is 15.9 Å². The van der Waals surface area contributed by atoms with Gasteiger partial charge in [0.1, 0.15) is 12.4 Å². The summed E-state index contributed by atoms with van der Waals surface area (Å²) in [6.07, 6.45) is 0.547. The van der Waals surface area contributed by atoms with E-state index in [4.69, 9.17) is 14.2 Å². The van der Waals surface area contributed by atoms with Crippen LogP contribution in [0.1, 0.15) is 43.1 Å². The minimum absolute atomic E-state index is 0.00848. The monoisotopic (exact) mass is 461 g/mol. The topological polar surface area (TPSA) is 82.1 Å². The minimum Gasteiger partial charge on any atom is -0.496 e. The molecule has 0 radical (unpaired) electrons. The zero-order chi connectivity index (χ0) is 21.0. The number of methoxy groups -OCH3 is 2. The molecule has 0 spiro atoms. The number of ether oxygens (including phenoxy) is 3. The number of hydrogen-bond donors (Lipinski definition) is 0. The third-order valence-corrected chi connectivity index (χ3v) is 5.03. The van der Waals surface area contributed by atoms with Gasteiger partial charge >= 0.3 is 5.97 Å². The van der Waals surface area contributed by atoms with Crippen LogP contribution in [0.15, 0.2) is 40.9 Å². The van der Waals surface area contributed by atoms with Crippen molar-refractivity contribution in [2.45, 2.75) is 13.0 Å². The molecular formula is C21H20BrNO6. The number of carbonyl (C=O) groups excluding carboxylic acids is 3. The predicted octanol–water partition coefficient (Wildman–Crippen LogP) is 3.45. The summed E-state index contributed by atoms with van der Waals surface area (Å²) in [7, 11) is 3.10. The Balaban J connectivity index is 1.72. The Morgan fingerprint density at radius 3 is 2.52 bits per heavy atom. The van der Waals surface area contributed by atoms with Gasteiger partial charge in [0.15, 0.2) is 0 Å². The number of rotatable bonds is 8. The highest BCUT2D eigenvalue weighted by atomic mass is 79.9. The van der Waals surface area contributed by atoms with Gasteiger partial charge in [0, 0.05) is 30.3 Å². The molecule has 0 unspecified atom stereocenters. The number of carbonyl (C=O) groups is 3. The molecule has 0 N–H and O–H groups in total. The van der Waals surface area contributed by atoms with E-state index in [2.05, 4.69) is 15.9 Å². The van der Waals surface area contributed by atoms with Crippen LogP contribution in [0.2, 0.25) is 0 Å². The van der Waals surface area contributed by atoms with Crippen LogP contribution in [0.3, 0.4) is 0 Å². The zero-order valence-corrected chi connectivity index (χ0v) is 17.7. The van der Waals surface area contributed by atoms with Gasteiger partial charge in [0.05, 0.1) is 23.8 Å². The molecule has 0 fully saturated rings. The summed E-state index contributed by atoms with van der Waals surface area (Å²) in [5.74, 6) is -0.764. The van der Waals surface area contributed by atoms with Gasteiger partial charge in [-0.25, -0.2) is 4.79 Å². The van der Waals surface area contributed by atoms with Gasteiger partial charge in [-0.05, 0) is 42.8 Å². The normalized spacial score (nSPS) is 12.9. The molecule has 0 saturated carbocycles. The van der Waals surface area contributed by atoms with E-state index >= 15 is 0 Å². The lowest BCUT2D eigenvalue weighted by Crippen LogP contribution is -2.31. The van der Waals surface area contributed by atoms with Crippen molar-refractivity contribution in [2.24, 2.45) is 0 Å². The molecule has 0 saturated heterocycles. The van der Waals surface area contributed by atoms with Crippen molar-refractivity contribution in [1.82, 2.24) is 4.90 Å². The third-order valence-electron chi connectivity index (χ3n) is 4.54. The lowest BCUT2D eigenvalue weighted by Gasteiger charge is -2.12. The van der Waals surface area contributed by atoms with Crippen LogP contribution in [0, 0.1) is 0 Å². The fraction of sp³-hybridized carbons (Fsp3) is 0.286. The van der Waals surface area contributed by atoms with E-state index in [1.54, 1.807) is 19.2 Å². The van der Waals surface area contributed by atoms with E-state index < -0.39 is 11.9 Å². The van der Waals surface area contributed by atoms with E-state index in [1.807, 2.05) is 6.07 Å². The minimum atomic E-state index is -0.590. The van der Waals surface area contributed by atoms with Gasteiger partial charge in [0.2, 0.25) is 0 Å². The first-order valence-electron chi connectivity index (χ1n) is 8.95. The predicted molar refractivity (Wildman–Crippen MR) is 108 cm³/mol. The number of amides is 2. The number of halogens is 1. The Morgan fingerprint density at radius 1 is 1.03 bits per heavy atom. The highest BCUT2D eigenvalue weighted by Gasteiger charge is 2.35. The molecule has 0 aliphatic carbocycles. The average Bonchev–Trinajstić information content (AvgIpc) is 2.96. The Bertz CT molecular complexity index is 958. The lowest BCUT2D eigenvalue weighted by atomic mass is 10.1. The van der Waals surface area contributed by atoms with Crippen LogP contribution in [-0.4, -0.2) is 50.1 Å². The SMILES string of the molecule is COCCCN1C(=O)c2ccc(C(=O)OCc3cc(Br)ccc3OC)cc2C1=O. The van der Waals surface area contributed by atoms with Crippen LogP contribution in [0.4, 0.5) is 0 Å². The van der Waals surface area contributed by atoms with Gasteiger partial charge in [-0.15, -0.1) is 0 Å². The summed E-state index contributed by atoms with van der Waals surface area (Å²) in [5.41, 5.74) is 1.41. The van der Waals surface area contributed by atoms with Gasteiger partial charge in [-0.3, -0.25) is 14.5 Å². The van der Waals surface area contributed by atoms with Crippen molar-refractivity contribution in [3.8, 4) is 5.75 Å². The largest absolute Gasteiger partial charge is 0.496 e. The van der Waals surface area contributed by atoms with Crippen LogP contribution in [0.5, 0.6) is 5.75 Å². The number of benzene rings is 2. The standard InChI is InChI=1S/C21H20BrNO6/c1-27-9-3-8-23-19(24)16-6-4-13(11-17(16)20(23)25)21(26)29-12-14-10-15(22)5-7-18(14)28-2/h4-7,10-11H,3,8-9,12H2,1-2H3. The molecule has 0 bridgehead atoms. The molecule has 3 rings (SSSR count). The lowest BCUT2D eigenvalue weighted by molar-refractivity contribution is 0.0469. The third kappa shape index (κ3) is 4.49. The van der Waals surface area contributed by atoms with E-state index in [1.165, 1.54) is 30.2 Å². The van der Waals surface area contributed by atoms with Crippen molar-refractivity contribution in [2.75, 3.05) is 27.4 Å². The molecule has 1 aliphatic heterocycles.